The van der Waals surface area contributed by atoms with E-state index in [1.165, 1.54) is 10.4 Å². The predicted molar refractivity (Wildman–Crippen MR) is 76.5 cm³/mol. The van der Waals surface area contributed by atoms with Crippen molar-refractivity contribution in [2.24, 2.45) is 0 Å². The Bertz CT molecular complexity index is 520. The molecule has 0 radical (unpaired) electrons. The summed E-state index contributed by atoms with van der Waals surface area (Å²) >= 11 is 0. The Morgan fingerprint density at radius 3 is 3.00 bits per heavy atom. The number of nitrogens with zero attached hydrogens (tertiary/aromatic N) is 1. The molecule has 21 heavy (non-hydrogen) atoms. The number of methoxy groups -OCH3 is 1. The van der Waals surface area contributed by atoms with Gasteiger partial charge in [0.1, 0.15) is 5.76 Å². The minimum Gasteiger partial charge on any atom is -0.447 e. The lowest BCUT2D eigenvalue weighted by molar-refractivity contribution is 0.148. The highest BCUT2D eigenvalue weighted by molar-refractivity contribution is 7.89. The van der Waals surface area contributed by atoms with Crippen LogP contribution in [0.25, 0.3) is 0 Å². The number of rotatable bonds is 7. The van der Waals surface area contributed by atoms with Crippen molar-refractivity contribution in [3.8, 4) is 0 Å². The number of nitrogens with one attached hydrogen (secondary N) is 1. The van der Waals surface area contributed by atoms with Crippen LogP contribution < -0.4 is 5.32 Å². The molecule has 1 aliphatic rings. The number of hydrogen-bond donors (Lipinski definition) is 1. The van der Waals surface area contributed by atoms with Gasteiger partial charge in [-0.2, -0.15) is 4.31 Å². The first-order chi connectivity index (χ1) is 10.1. The van der Waals surface area contributed by atoms with Gasteiger partial charge in [-0.25, -0.2) is 8.42 Å². The van der Waals surface area contributed by atoms with Gasteiger partial charge in [0.05, 0.1) is 19.8 Å². The third kappa shape index (κ3) is 4.52. The molecule has 0 atom stereocenters. The summed E-state index contributed by atoms with van der Waals surface area (Å²) in [5.41, 5.74) is 0. The number of sulfonamides is 1. The topological polar surface area (TPSA) is 81.0 Å². The molecule has 0 aromatic carbocycles. The third-order valence-electron chi connectivity index (χ3n) is 3.19. The Morgan fingerprint density at radius 2 is 2.19 bits per heavy atom. The van der Waals surface area contributed by atoms with E-state index in [4.69, 9.17) is 13.9 Å². The van der Waals surface area contributed by atoms with E-state index in [1.54, 1.807) is 13.2 Å². The van der Waals surface area contributed by atoms with Crippen molar-refractivity contribution in [2.75, 3.05) is 46.6 Å². The highest BCUT2D eigenvalue weighted by atomic mass is 32.2. The van der Waals surface area contributed by atoms with E-state index < -0.39 is 10.0 Å². The summed E-state index contributed by atoms with van der Waals surface area (Å²) in [5, 5.41) is 3.10. The molecule has 0 aliphatic carbocycles. The van der Waals surface area contributed by atoms with Crippen LogP contribution in [0.15, 0.2) is 21.6 Å². The SMILES string of the molecule is COCCNCc1ccc(S(=O)(=O)N2CCCOCC2)o1. The molecule has 1 aromatic heterocycles. The molecule has 0 amide bonds. The molecular formula is C13H22N2O5S. The standard InChI is InChI=1S/C13H22N2O5S/c1-18-9-5-14-11-12-3-4-13(20-12)21(16,17)15-6-2-8-19-10-7-15/h3-4,14H,2,5-11H2,1H3. The Labute approximate surface area is 125 Å². The summed E-state index contributed by atoms with van der Waals surface area (Å²) in [6.45, 7) is 3.60. The van der Waals surface area contributed by atoms with Crippen LogP contribution in [0, 0.1) is 0 Å². The summed E-state index contributed by atoms with van der Waals surface area (Å²) in [6, 6.07) is 3.19. The highest BCUT2D eigenvalue weighted by Crippen LogP contribution is 2.19. The third-order valence-corrected chi connectivity index (χ3v) is 4.97. The van der Waals surface area contributed by atoms with E-state index in [-0.39, 0.29) is 5.09 Å². The van der Waals surface area contributed by atoms with Crippen LogP contribution in [0.3, 0.4) is 0 Å². The molecule has 1 N–H and O–H groups in total. The molecular weight excluding hydrogens is 296 g/mol. The summed E-state index contributed by atoms with van der Waals surface area (Å²) in [4.78, 5) is 0. The monoisotopic (exact) mass is 318 g/mol. The second-order valence-corrected chi connectivity index (χ2v) is 6.63. The maximum Gasteiger partial charge on any atom is 0.276 e. The van der Waals surface area contributed by atoms with Crippen LogP contribution in [-0.4, -0.2) is 59.3 Å². The maximum absolute atomic E-state index is 12.5. The minimum atomic E-state index is -3.57. The molecule has 0 spiro atoms. The van der Waals surface area contributed by atoms with Crippen molar-refractivity contribution >= 4 is 10.0 Å². The van der Waals surface area contributed by atoms with E-state index in [2.05, 4.69) is 5.32 Å². The van der Waals surface area contributed by atoms with E-state index in [0.717, 1.165) is 0 Å². The summed E-state index contributed by atoms with van der Waals surface area (Å²) in [6.07, 6.45) is 0.700. The molecule has 0 unspecified atom stereocenters. The van der Waals surface area contributed by atoms with Crippen LogP contribution in [0.1, 0.15) is 12.2 Å². The Balaban J connectivity index is 1.98. The molecule has 1 saturated heterocycles. The fourth-order valence-electron chi connectivity index (χ4n) is 2.07. The zero-order valence-electron chi connectivity index (χ0n) is 12.2. The normalized spacial score (nSPS) is 17.8. The largest absolute Gasteiger partial charge is 0.447 e. The molecule has 0 bridgehead atoms. The van der Waals surface area contributed by atoms with Gasteiger partial charge in [0.25, 0.3) is 10.0 Å². The van der Waals surface area contributed by atoms with E-state index in [0.29, 0.717) is 58.2 Å². The summed E-state index contributed by atoms with van der Waals surface area (Å²) in [7, 11) is -1.94. The van der Waals surface area contributed by atoms with Gasteiger partial charge in [-0.15, -0.1) is 0 Å². The molecule has 1 aromatic rings. The summed E-state index contributed by atoms with van der Waals surface area (Å²) in [5.74, 6) is 0.593. The molecule has 120 valence electrons. The van der Waals surface area contributed by atoms with Crippen molar-refractivity contribution in [2.45, 2.75) is 18.1 Å². The van der Waals surface area contributed by atoms with Crippen LogP contribution in [0.5, 0.6) is 0 Å². The van der Waals surface area contributed by atoms with Gasteiger partial charge < -0.3 is 19.2 Å². The Kier molecular flexibility index (Phi) is 6.19. The van der Waals surface area contributed by atoms with Crippen LogP contribution in [0.4, 0.5) is 0 Å². The Morgan fingerprint density at radius 1 is 1.33 bits per heavy atom. The lowest BCUT2D eigenvalue weighted by atomic mass is 10.4. The average Bonchev–Trinajstić information content (AvgIpc) is 2.77. The van der Waals surface area contributed by atoms with Crippen molar-refractivity contribution in [3.63, 3.8) is 0 Å². The molecule has 1 aliphatic heterocycles. The van der Waals surface area contributed by atoms with E-state index in [9.17, 15) is 8.42 Å². The van der Waals surface area contributed by atoms with Crippen LogP contribution in [0.2, 0.25) is 0 Å². The lowest BCUT2D eigenvalue weighted by Gasteiger charge is -2.17. The van der Waals surface area contributed by atoms with Crippen molar-refractivity contribution in [3.05, 3.63) is 17.9 Å². The lowest BCUT2D eigenvalue weighted by Crippen LogP contribution is -2.33. The van der Waals surface area contributed by atoms with Crippen molar-refractivity contribution in [1.29, 1.82) is 0 Å². The zero-order valence-corrected chi connectivity index (χ0v) is 13.0. The molecule has 2 heterocycles. The predicted octanol–water partition coefficient (Wildman–Crippen LogP) is 0.427. The molecule has 8 heteroatoms. The number of ether oxygens (including phenoxy) is 2. The quantitative estimate of drug-likeness (QED) is 0.734. The van der Waals surface area contributed by atoms with Gasteiger partial charge in [0, 0.05) is 33.4 Å². The molecule has 2 rings (SSSR count). The second kappa shape index (κ2) is 7.90. The molecule has 0 saturated carbocycles. The fraction of sp³-hybridized carbons (Fsp3) is 0.692. The number of hydrogen-bond acceptors (Lipinski definition) is 6. The first-order valence-electron chi connectivity index (χ1n) is 7.01. The summed E-state index contributed by atoms with van der Waals surface area (Å²) < 4.78 is 42.0. The number of furan rings is 1. The van der Waals surface area contributed by atoms with Gasteiger partial charge in [0.15, 0.2) is 0 Å². The van der Waals surface area contributed by atoms with E-state index >= 15 is 0 Å². The highest BCUT2D eigenvalue weighted by Gasteiger charge is 2.28. The Hall–Kier alpha value is -0.930. The van der Waals surface area contributed by atoms with Gasteiger partial charge in [-0.3, -0.25) is 0 Å². The van der Waals surface area contributed by atoms with Crippen molar-refractivity contribution < 1.29 is 22.3 Å². The second-order valence-electron chi connectivity index (χ2n) is 4.76. The fourth-order valence-corrected chi connectivity index (χ4v) is 3.46. The van der Waals surface area contributed by atoms with Crippen LogP contribution >= 0.6 is 0 Å². The van der Waals surface area contributed by atoms with Gasteiger partial charge in [0.2, 0.25) is 5.09 Å². The van der Waals surface area contributed by atoms with Gasteiger partial charge in [-0.1, -0.05) is 0 Å². The maximum atomic E-state index is 12.5. The zero-order chi connectivity index (χ0) is 15.1. The minimum absolute atomic E-state index is 0.00654. The molecule has 7 nitrogen and oxygen atoms in total. The smallest absolute Gasteiger partial charge is 0.276 e. The average molecular weight is 318 g/mol. The first-order valence-corrected chi connectivity index (χ1v) is 8.45. The van der Waals surface area contributed by atoms with Gasteiger partial charge in [-0.05, 0) is 18.6 Å². The van der Waals surface area contributed by atoms with E-state index in [1.807, 2.05) is 0 Å². The molecule has 1 fully saturated rings. The van der Waals surface area contributed by atoms with Crippen LogP contribution in [-0.2, 0) is 26.0 Å². The van der Waals surface area contributed by atoms with Gasteiger partial charge >= 0.3 is 0 Å². The first kappa shape index (κ1) is 16.4. The van der Waals surface area contributed by atoms with Crippen molar-refractivity contribution in [1.82, 2.24) is 9.62 Å².